The van der Waals surface area contributed by atoms with Gasteiger partial charge in [0.05, 0.1) is 5.56 Å². The van der Waals surface area contributed by atoms with Crippen molar-refractivity contribution in [3.05, 3.63) is 54.1 Å². The van der Waals surface area contributed by atoms with Crippen LogP contribution >= 0.6 is 0 Å². The van der Waals surface area contributed by atoms with E-state index in [1.54, 1.807) is 6.07 Å². The highest BCUT2D eigenvalue weighted by Gasteiger charge is 2.10. The predicted molar refractivity (Wildman–Crippen MR) is 83.8 cm³/mol. The maximum atomic E-state index is 10.1. The highest BCUT2D eigenvalue weighted by atomic mass is 28.3. The second kappa shape index (κ2) is 5.34. The van der Waals surface area contributed by atoms with Gasteiger partial charge in [0, 0.05) is 5.56 Å². The number of hydrogen-bond donors (Lipinski definition) is 1. The van der Waals surface area contributed by atoms with E-state index < -0.39 is 8.07 Å². The fourth-order valence-electron chi connectivity index (χ4n) is 1.78. The number of rotatable bonds is 1. The molecule has 2 aromatic rings. The van der Waals surface area contributed by atoms with Crippen LogP contribution in [-0.2, 0) is 0 Å². The molecule has 96 valence electrons. The van der Waals surface area contributed by atoms with Crippen molar-refractivity contribution in [2.24, 2.45) is 0 Å². The summed E-state index contributed by atoms with van der Waals surface area (Å²) in [5, 5.41) is 10.1. The molecule has 0 bridgehead atoms. The van der Waals surface area contributed by atoms with E-state index in [-0.39, 0.29) is 5.75 Å². The molecule has 2 heteroatoms. The third-order valence-corrected chi connectivity index (χ3v) is 3.56. The summed E-state index contributed by atoms with van der Waals surface area (Å²) in [6.45, 7) is 6.59. The van der Waals surface area contributed by atoms with Crippen LogP contribution in [0.2, 0.25) is 19.6 Å². The van der Waals surface area contributed by atoms with E-state index in [1.165, 1.54) is 0 Å². The lowest BCUT2D eigenvalue weighted by atomic mass is 9.99. The molecule has 0 aliphatic rings. The lowest BCUT2D eigenvalue weighted by Crippen LogP contribution is -2.16. The topological polar surface area (TPSA) is 20.2 Å². The third-order valence-electron chi connectivity index (χ3n) is 2.69. The van der Waals surface area contributed by atoms with Gasteiger partial charge in [-0.25, -0.2) is 0 Å². The largest absolute Gasteiger partial charge is 0.507 e. The molecule has 0 atom stereocenters. The zero-order chi connectivity index (χ0) is 13.9. The summed E-state index contributed by atoms with van der Waals surface area (Å²) in [4.78, 5) is 0. The lowest BCUT2D eigenvalue weighted by molar-refractivity contribution is 0.474. The van der Waals surface area contributed by atoms with Crippen LogP contribution < -0.4 is 0 Å². The predicted octanol–water partition coefficient (Wildman–Crippen LogP) is 4.29. The quantitative estimate of drug-likeness (QED) is 0.603. The fourth-order valence-corrected chi connectivity index (χ4v) is 2.28. The highest BCUT2D eigenvalue weighted by molar-refractivity contribution is 6.83. The minimum atomic E-state index is -1.46. The zero-order valence-corrected chi connectivity index (χ0v) is 12.6. The molecule has 2 rings (SSSR count). The molecule has 0 unspecified atom stereocenters. The summed E-state index contributed by atoms with van der Waals surface area (Å²) in [5.74, 6) is 3.44. The van der Waals surface area contributed by atoms with Gasteiger partial charge in [-0.15, -0.1) is 5.54 Å². The van der Waals surface area contributed by atoms with Crippen LogP contribution in [-0.4, -0.2) is 13.2 Å². The molecule has 1 nitrogen and oxygen atoms in total. The van der Waals surface area contributed by atoms with Gasteiger partial charge in [-0.2, -0.15) is 0 Å². The normalized spacial score (nSPS) is 10.7. The highest BCUT2D eigenvalue weighted by Crippen LogP contribution is 2.29. The van der Waals surface area contributed by atoms with E-state index in [9.17, 15) is 5.11 Å². The summed E-state index contributed by atoms with van der Waals surface area (Å²) >= 11 is 0. The molecule has 0 aromatic heterocycles. The van der Waals surface area contributed by atoms with Crippen molar-refractivity contribution in [1.82, 2.24) is 0 Å². The lowest BCUT2D eigenvalue weighted by Gasteiger charge is -2.08. The number of phenolic OH excluding ortho intramolecular Hbond substituents is 1. The second-order valence-corrected chi connectivity index (χ2v) is 10.3. The molecule has 0 aliphatic heterocycles. The Balaban J connectivity index is 2.57. The molecule has 0 fully saturated rings. The van der Waals surface area contributed by atoms with Crippen molar-refractivity contribution in [2.45, 2.75) is 19.6 Å². The first-order valence-electron chi connectivity index (χ1n) is 6.38. The molecule has 19 heavy (non-hydrogen) atoms. The monoisotopic (exact) mass is 266 g/mol. The maximum Gasteiger partial charge on any atom is 0.131 e. The van der Waals surface area contributed by atoms with Gasteiger partial charge in [0.1, 0.15) is 13.8 Å². The summed E-state index contributed by atoms with van der Waals surface area (Å²) in [7, 11) is -1.46. The zero-order valence-electron chi connectivity index (χ0n) is 11.6. The van der Waals surface area contributed by atoms with Gasteiger partial charge in [0.2, 0.25) is 0 Å². The summed E-state index contributed by atoms with van der Waals surface area (Å²) < 4.78 is 0. The minimum absolute atomic E-state index is 0.257. The van der Waals surface area contributed by atoms with Gasteiger partial charge in [-0.3, -0.25) is 0 Å². The summed E-state index contributed by atoms with van der Waals surface area (Å²) in [6.07, 6.45) is 0. The Morgan fingerprint density at radius 2 is 1.58 bits per heavy atom. The molecule has 0 saturated heterocycles. The molecule has 2 aromatic carbocycles. The van der Waals surface area contributed by atoms with Crippen molar-refractivity contribution < 1.29 is 5.11 Å². The first-order valence-corrected chi connectivity index (χ1v) is 9.88. The summed E-state index contributed by atoms with van der Waals surface area (Å²) in [6, 6.07) is 15.6. The van der Waals surface area contributed by atoms with Gasteiger partial charge >= 0.3 is 0 Å². The van der Waals surface area contributed by atoms with Crippen molar-refractivity contribution in [2.75, 3.05) is 0 Å². The van der Waals surface area contributed by atoms with Crippen molar-refractivity contribution in [3.63, 3.8) is 0 Å². The van der Waals surface area contributed by atoms with Gasteiger partial charge in [0.25, 0.3) is 0 Å². The number of phenols is 1. The van der Waals surface area contributed by atoms with Crippen molar-refractivity contribution >= 4 is 8.07 Å². The minimum Gasteiger partial charge on any atom is -0.507 e. The molecule has 1 N–H and O–H groups in total. The molecule has 0 heterocycles. The smallest absolute Gasteiger partial charge is 0.131 e. The Hall–Kier alpha value is -1.98. The standard InChI is InChI=1S/C17H18OSi/c1-19(2,3)13-12-16-15(10-7-11-17(16)18)14-8-5-4-6-9-14/h4-11,18H,1-3H3. The Morgan fingerprint density at radius 1 is 0.895 bits per heavy atom. The van der Waals surface area contributed by atoms with Crippen LogP contribution in [0.3, 0.4) is 0 Å². The first-order chi connectivity index (χ1) is 8.97. The summed E-state index contributed by atoms with van der Waals surface area (Å²) in [5.41, 5.74) is 6.12. The van der Waals surface area contributed by atoms with E-state index >= 15 is 0 Å². The van der Waals surface area contributed by atoms with E-state index in [0.29, 0.717) is 0 Å². The molecular weight excluding hydrogens is 248 g/mol. The fraction of sp³-hybridized carbons (Fsp3) is 0.176. The Labute approximate surface area is 115 Å². The molecule has 0 spiro atoms. The Kier molecular flexibility index (Phi) is 3.78. The van der Waals surface area contributed by atoms with Crippen molar-refractivity contribution in [1.29, 1.82) is 0 Å². The van der Waals surface area contributed by atoms with Crippen LogP contribution in [0.1, 0.15) is 5.56 Å². The van der Waals surface area contributed by atoms with Crippen LogP contribution in [0.25, 0.3) is 11.1 Å². The van der Waals surface area contributed by atoms with Crippen LogP contribution in [0.4, 0.5) is 0 Å². The van der Waals surface area contributed by atoms with Crippen molar-refractivity contribution in [3.8, 4) is 28.3 Å². The average Bonchev–Trinajstić information content (AvgIpc) is 2.37. The van der Waals surface area contributed by atoms with Crippen LogP contribution in [0.15, 0.2) is 48.5 Å². The maximum absolute atomic E-state index is 10.1. The average molecular weight is 266 g/mol. The van der Waals surface area contributed by atoms with E-state index in [1.807, 2.05) is 42.5 Å². The number of benzene rings is 2. The molecule has 0 radical (unpaired) electrons. The van der Waals surface area contributed by atoms with Crippen LogP contribution in [0.5, 0.6) is 5.75 Å². The molecule has 0 saturated carbocycles. The van der Waals surface area contributed by atoms with Gasteiger partial charge in [0.15, 0.2) is 0 Å². The van der Waals surface area contributed by atoms with Gasteiger partial charge in [-0.05, 0) is 11.6 Å². The van der Waals surface area contributed by atoms with Crippen LogP contribution in [0, 0.1) is 11.5 Å². The van der Waals surface area contributed by atoms with E-state index in [4.69, 9.17) is 0 Å². The Morgan fingerprint density at radius 3 is 2.21 bits per heavy atom. The van der Waals surface area contributed by atoms with E-state index in [2.05, 4.69) is 31.1 Å². The SMILES string of the molecule is C[Si](C)(C)C#Cc1c(O)cccc1-c1ccccc1. The molecule has 0 aliphatic carbocycles. The number of hydrogen-bond acceptors (Lipinski definition) is 1. The third kappa shape index (κ3) is 3.49. The van der Waals surface area contributed by atoms with Gasteiger partial charge < -0.3 is 5.11 Å². The first kappa shape index (κ1) is 13.4. The second-order valence-electron chi connectivity index (χ2n) is 5.57. The van der Waals surface area contributed by atoms with E-state index in [0.717, 1.165) is 16.7 Å². The van der Waals surface area contributed by atoms with Gasteiger partial charge in [-0.1, -0.05) is 68.0 Å². The molecular formula is C17H18OSi. The Bertz CT molecular complexity index is 628. The number of aromatic hydroxyl groups is 1. The molecule has 0 amide bonds.